The number of amides is 1. The van der Waals surface area contributed by atoms with Crippen LogP contribution in [0, 0.1) is 11.3 Å². The number of halogens is 1. The van der Waals surface area contributed by atoms with Crippen LogP contribution < -0.4 is 24.6 Å². The number of nitriles is 1. The van der Waals surface area contributed by atoms with Gasteiger partial charge in [-0.05, 0) is 48.0 Å². The highest BCUT2D eigenvalue weighted by Gasteiger charge is 2.14. The molecule has 0 atom stereocenters. The van der Waals surface area contributed by atoms with Gasteiger partial charge in [0, 0.05) is 10.2 Å². The average Bonchev–Trinajstić information content (AvgIpc) is 2.71. The highest BCUT2D eigenvalue weighted by atomic mass is 79.9. The van der Waals surface area contributed by atoms with E-state index in [0.29, 0.717) is 21.5 Å². The van der Waals surface area contributed by atoms with Gasteiger partial charge >= 0.3 is 0 Å². The number of carbonyl (C=O) groups excluding carboxylic acids is 2. The van der Waals surface area contributed by atoms with Crippen LogP contribution in [0.1, 0.15) is 5.56 Å². The van der Waals surface area contributed by atoms with Crippen LogP contribution in [-0.4, -0.2) is 32.7 Å². The molecule has 0 bridgehead atoms. The first-order valence-electron chi connectivity index (χ1n) is 8.15. The Labute approximate surface area is 175 Å². The van der Waals surface area contributed by atoms with Crippen molar-refractivity contribution in [2.75, 3.05) is 26.1 Å². The van der Waals surface area contributed by atoms with Gasteiger partial charge in [-0.2, -0.15) is 5.26 Å². The van der Waals surface area contributed by atoms with Gasteiger partial charge in [0.25, 0.3) is 5.91 Å². The molecule has 0 aromatic heterocycles. The number of rotatable bonds is 8. The maximum absolute atomic E-state index is 12.4. The number of carboxylic acids is 1. The molecule has 150 valence electrons. The number of benzene rings is 2. The molecule has 0 aliphatic rings. The second-order valence-electron chi connectivity index (χ2n) is 5.54. The van der Waals surface area contributed by atoms with Crippen LogP contribution in [0.5, 0.6) is 17.2 Å². The second kappa shape index (κ2) is 10.1. The number of ether oxygens (including phenoxy) is 3. The van der Waals surface area contributed by atoms with Crippen molar-refractivity contribution in [3.8, 4) is 23.3 Å². The van der Waals surface area contributed by atoms with E-state index in [1.54, 1.807) is 24.3 Å². The zero-order chi connectivity index (χ0) is 21.4. The molecule has 1 N–H and O–H groups in total. The summed E-state index contributed by atoms with van der Waals surface area (Å²) in [4.78, 5) is 23.0. The summed E-state index contributed by atoms with van der Waals surface area (Å²) in [6, 6.07) is 11.5. The molecular weight excluding hydrogens is 444 g/mol. The molecule has 0 radical (unpaired) electrons. The van der Waals surface area contributed by atoms with E-state index in [0.717, 1.165) is 0 Å². The van der Waals surface area contributed by atoms with Gasteiger partial charge in [-0.25, -0.2) is 0 Å². The van der Waals surface area contributed by atoms with Crippen molar-refractivity contribution in [3.05, 3.63) is 52.0 Å². The monoisotopic (exact) mass is 459 g/mol. The van der Waals surface area contributed by atoms with Crippen molar-refractivity contribution in [2.45, 2.75) is 0 Å². The fourth-order valence-corrected chi connectivity index (χ4v) is 2.68. The Bertz CT molecular complexity index is 980. The number of carbonyl (C=O) groups is 2. The molecule has 2 aromatic rings. The molecule has 2 aromatic carbocycles. The molecule has 0 saturated carbocycles. The number of nitrogens with one attached hydrogen (secondary N) is 1. The largest absolute Gasteiger partial charge is 0.546 e. The van der Waals surface area contributed by atoms with Crippen molar-refractivity contribution in [2.24, 2.45) is 0 Å². The third-order valence-corrected chi connectivity index (χ3v) is 4.33. The Kier molecular flexibility index (Phi) is 7.62. The van der Waals surface area contributed by atoms with Crippen molar-refractivity contribution >= 4 is 39.6 Å². The van der Waals surface area contributed by atoms with E-state index in [2.05, 4.69) is 21.2 Å². The van der Waals surface area contributed by atoms with E-state index in [1.807, 2.05) is 6.07 Å². The molecule has 0 heterocycles. The van der Waals surface area contributed by atoms with Crippen LogP contribution in [0.25, 0.3) is 6.08 Å². The first-order valence-corrected chi connectivity index (χ1v) is 8.94. The third-order valence-electron chi connectivity index (χ3n) is 3.64. The predicted octanol–water partition coefficient (Wildman–Crippen LogP) is 2.14. The lowest BCUT2D eigenvalue weighted by molar-refractivity contribution is -0.307. The van der Waals surface area contributed by atoms with Gasteiger partial charge in [-0.15, -0.1) is 0 Å². The normalized spacial score (nSPS) is 10.6. The van der Waals surface area contributed by atoms with E-state index in [-0.39, 0.29) is 17.1 Å². The lowest BCUT2D eigenvalue weighted by Gasteiger charge is -2.13. The Morgan fingerprint density at radius 3 is 2.41 bits per heavy atom. The Hall–Kier alpha value is -3.51. The molecular formula is C20H16BrN2O6-. The van der Waals surface area contributed by atoms with Gasteiger partial charge in [-0.1, -0.05) is 15.9 Å². The third kappa shape index (κ3) is 5.99. The number of carboxylic acid groups (broad SMARTS) is 1. The minimum atomic E-state index is -1.38. The SMILES string of the molecule is COc1ccc(NC(=O)/C(C#N)=C/c2cc(OC)c(OCC(=O)[O-])cc2Br)cc1. The summed E-state index contributed by atoms with van der Waals surface area (Å²) >= 11 is 3.31. The first kappa shape index (κ1) is 21.8. The number of anilines is 1. The highest BCUT2D eigenvalue weighted by Crippen LogP contribution is 2.34. The number of hydrogen-bond donors (Lipinski definition) is 1. The molecule has 2 rings (SSSR count). The van der Waals surface area contributed by atoms with Crippen LogP contribution >= 0.6 is 15.9 Å². The molecule has 0 unspecified atom stereocenters. The molecule has 0 aliphatic carbocycles. The lowest BCUT2D eigenvalue weighted by Crippen LogP contribution is -2.29. The standard InChI is InChI=1S/C20H17BrN2O6/c1-27-15-5-3-14(4-6-15)23-20(26)13(10-22)7-12-8-17(28-2)18(9-16(12)21)29-11-19(24)25/h3-9H,11H2,1-2H3,(H,23,26)(H,24,25)/p-1/b13-7+. The van der Waals surface area contributed by atoms with Gasteiger partial charge in [0.05, 0.1) is 20.2 Å². The van der Waals surface area contributed by atoms with Gasteiger partial charge in [0.2, 0.25) is 0 Å². The van der Waals surface area contributed by atoms with E-state index in [1.165, 1.54) is 32.4 Å². The second-order valence-corrected chi connectivity index (χ2v) is 6.39. The zero-order valence-corrected chi connectivity index (χ0v) is 17.1. The fourth-order valence-electron chi connectivity index (χ4n) is 2.25. The van der Waals surface area contributed by atoms with Gasteiger partial charge in [-0.3, -0.25) is 4.79 Å². The summed E-state index contributed by atoms with van der Waals surface area (Å²) in [5, 5.41) is 22.6. The van der Waals surface area contributed by atoms with E-state index in [9.17, 15) is 20.0 Å². The fraction of sp³-hybridized carbons (Fsp3) is 0.150. The Morgan fingerprint density at radius 2 is 1.86 bits per heavy atom. The van der Waals surface area contributed by atoms with Crippen LogP contribution in [-0.2, 0) is 9.59 Å². The minimum Gasteiger partial charge on any atom is -0.546 e. The van der Waals surface area contributed by atoms with E-state index < -0.39 is 18.5 Å². The summed E-state index contributed by atoms with van der Waals surface area (Å²) < 4.78 is 15.8. The van der Waals surface area contributed by atoms with Crippen LogP contribution in [0.3, 0.4) is 0 Å². The van der Waals surface area contributed by atoms with Crippen LogP contribution in [0.15, 0.2) is 46.4 Å². The lowest BCUT2D eigenvalue weighted by atomic mass is 10.1. The number of nitrogens with zero attached hydrogens (tertiary/aromatic N) is 1. The summed E-state index contributed by atoms with van der Waals surface area (Å²) in [7, 11) is 2.91. The molecule has 0 spiro atoms. The summed E-state index contributed by atoms with van der Waals surface area (Å²) in [6.45, 7) is -0.647. The predicted molar refractivity (Wildman–Crippen MR) is 106 cm³/mol. The highest BCUT2D eigenvalue weighted by molar-refractivity contribution is 9.10. The molecule has 0 aliphatic heterocycles. The number of aliphatic carboxylic acids is 1. The van der Waals surface area contributed by atoms with Crippen LogP contribution in [0.2, 0.25) is 0 Å². The summed E-state index contributed by atoms with van der Waals surface area (Å²) in [5.41, 5.74) is 0.815. The van der Waals surface area contributed by atoms with Crippen molar-refractivity contribution in [1.29, 1.82) is 5.26 Å². The van der Waals surface area contributed by atoms with E-state index >= 15 is 0 Å². The molecule has 1 amide bonds. The number of hydrogen-bond acceptors (Lipinski definition) is 7. The minimum absolute atomic E-state index is 0.146. The Balaban J connectivity index is 2.27. The Morgan fingerprint density at radius 1 is 1.17 bits per heavy atom. The first-order chi connectivity index (χ1) is 13.9. The van der Waals surface area contributed by atoms with Gasteiger partial charge in [0.1, 0.15) is 24.0 Å². The van der Waals surface area contributed by atoms with Gasteiger partial charge in [0.15, 0.2) is 11.5 Å². The zero-order valence-electron chi connectivity index (χ0n) is 15.5. The maximum Gasteiger partial charge on any atom is 0.266 e. The molecule has 9 heteroatoms. The molecule has 0 fully saturated rings. The van der Waals surface area contributed by atoms with Gasteiger partial charge < -0.3 is 29.4 Å². The number of methoxy groups -OCH3 is 2. The van der Waals surface area contributed by atoms with Crippen molar-refractivity contribution in [1.82, 2.24) is 0 Å². The van der Waals surface area contributed by atoms with Crippen molar-refractivity contribution in [3.63, 3.8) is 0 Å². The summed E-state index contributed by atoms with van der Waals surface area (Å²) in [5.74, 6) is -0.943. The molecule has 0 saturated heterocycles. The quantitative estimate of drug-likeness (QED) is 0.473. The summed E-state index contributed by atoms with van der Waals surface area (Å²) in [6.07, 6.45) is 1.37. The maximum atomic E-state index is 12.4. The van der Waals surface area contributed by atoms with Crippen LogP contribution in [0.4, 0.5) is 5.69 Å². The smallest absolute Gasteiger partial charge is 0.266 e. The van der Waals surface area contributed by atoms with Crippen molar-refractivity contribution < 1.29 is 28.9 Å². The average molecular weight is 460 g/mol. The molecule has 29 heavy (non-hydrogen) atoms. The molecule has 8 nitrogen and oxygen atoms in total. The van der Waals surface area contributed by atoms with E-state index in [4.69, 9.17) is 14.2 Å². The topological polar surface area (TPSA) is 121 Å².